The van der Waals surface area contributed by atoms with Crippen LogP contribution in [0.1, 0.15) is 31.3 Å². The van der Waals surface area contributed by atoms with Gasteiger partial charge in [-0.3, -0.25) is 4.79 Å². The molecule has 32 heavy (non-hydrogen) atoms. The molecule has 1 atom stereocenters. The van der Waals surface area contributed by atoms with Crippen LogP contribution in [0.15, 0.2) is 12.1 Å². The monoisotopic (exact) mass is 449 g/mol. The summed E-state index contributed by atoms with van der Waals surface area (Å²) in [6.45, 7) is 3.61. The Morgan fingerprint density at radius 1 is 1.25 bits per heavy atom. The lowest BCUT2D eigenvalue weighted by atomic mass is 9.78. The van der Waals surface area contributed by atoms with Crippen molar-refractivity contribution in [3.8, 4) is 5.75 Å². The van der Waals surface area contributed by atoms with Gasteiger partial charge in [-0.2, -0.15) is 0 Å². The van der Waals surface area contributed by atoms with E-state index in [-0.39, 0.29) is 23.9 Å². The van der Waals surface area contributed by atoms with Crippen molar-refractivity contribution in [1.29, 1.82) is 0 Å². The van der Waals surface area contributed by atoms with Gasteiger partial charge in [-0.1, -0.05) is 0 Å². The lowest BCUT2D eigenvalue weighted by molar-refractivity contribution is -0.117. The number of carbonyl (C=O) groups excluding carboxylic acids is 2. The molecule has 1 aromatic heterocycles. The summed E-state index contributed by atoms with van der Waals surface area (Å²) in [5, 5.41) is 5.46. The van der Waals surface area contributed by atoms with Crippen molar-refractivity contribution in [1.82, 2.24) is 15.3 Å². The molecule has 4 rings (SSSR count). The number of carbonyl (C=O) groups is 2. The number of likely N-dealkylation sites (N-methyl/N-ethyl adjacent to an activating group) is 1. The summed E-state index contributed by atoms with van der Waals surface area (Å²) < 4.78 is 44.3. The van der Waals surface area contributed by atoms with Crippen molar-refractivity contribution in [3.63, 3.8) is 0 Å². The minimum atomic E-state index is -1.62. The van der Waals surface area contributed by atoms with Crippen molar-refractivity contribution < 1.29 is 27.5 Å². The number of nitrogens with one attached hydrogen (secondary N) is 2. The molecule has 2 N–H and O–H groups in total. The van der Waals surface area contributed by atoms with E-state index in [1.807, 2.05) is 18.9 Å². The molecule has 2 aliphatic rings. The summed E-state index contributed by atoms with van der Waals surface area (Å²) in [7, 11) is 1.81. The summed E-state index contributed by atoms with van der Waals surface area (Å²) >= 11 is 0. The van der Waals surface area contributed by atoms with Gasteiger partial charge in [0.1, 0.15) is 23.3 Å². The maximum Gasteiger partial charge on any atom is 0.412 e. The number of hydrogen-bond donors (Lipinski definition) is 2. The Kier molecular flexibility index (Phi) is 5.66. The van der Waals surface area contributed by atoms with Gasteiger partial charge in [0.2, 0.25) is 5.91 Å². The number of anilines is 2. The molecule has 0 bridgehead atoms. The topological polar surface area (TPSA) is 96.5 Å². The first kappa shape index (κ1) is 21.8. The minimum Gasteiger partial charge on any atom is -0.410 e. The van der Waals surface area contributed by atoms with Crippen molar-refractivity contribution >= 4 is 23.5 Å². The fourth-order valence-corrected chi connectivity index (χ4v) is 3.87. The number of nitrogens with zero attached hydrogens (tertiary/aromatic N) is 3. The van der Waals surface area contributed by atoms with Crippen molar-refractivity contribution in [2.45, 2.75) is 45.2 Å². The first-order valence-electron chi connectivity index (χ1n) is 10.2. The first-order valence-corrected chi connectivity index (χ1v) is 10.2. The van der Waals surface area contributed by atoms with Gasteiger partial charge in [0, 0.05) is 31.6 Å². The van der Waals surface area contributed by atoms with Crippen LogP contribution in [-0.4, -0.2) is 41.1 Å². The van der Waals surface area contributed by atoms with Gasteiger partial charge >= 0.3 is 6.09 Å². The van der Waals surface area contributed by atoms with E-state index in [9.17, 15) is 22.8 Å². The zero-order valence-corrected chi connectivity index (χ0v) is 17.7. The zero-order chi connectivity index (χ0) is 23.2. The fourth-order valence-electron chi connectivity index (χ4n) is 3.87. The summed E-state index contributed by atoms with van der Waals surface area (Å²) in [4.78, 5) is 34.9. The number of hydrogen-bond acceptors (Lipinski definition) is 6. The lowest BCUT2D eigenvalue weighted by Gasteiger charge is -2.36. The van der Waals surface area contributed by atoms with E-state index in [1.165, 1.54) is 0 Å². The fraction of sp³-hybridized carbons (Fsp3) is 0.429. The lowest BCUT2D eigenvalue weighted by Crippen LogP contribution is -2.46. The molecule has 1 aromatic carbocycles. The van der Waals surface area contributed by atoms with E-state index in [0.717, 1.165) is 0 Å². The zero-order valence-electron chi connectivity index (χ0n) is 17.7. The molecule has 2 aromatic rings. The van der Waals surface area contributed by atoms with Crippen molar-refractivity contribution in [2.75, 3.05) is 17.3 Å². The highest BCUT2D eigenvalue weighted by atomic mass is 19.2. The Labute approximate surface area is 182 Å². The largest absolute Gasteiger partial charge is 0.412 e. The molecular formula is C21H22F3N5O3. The molecule has 2 heterocycles. The molecule has 0 radical (unpaired) electrons. The molecule has 170 valence electrons. The third-order valence-electron chi connectivity index (χ3n) is 5.86. The van der Waals surface area contributed by atoms with Crippen LogP contribution >= 0.6 is 0 Å². The third kappa shape index (κ3) is 4.19. The maximum atomic E-state index is 13.2. The van der Waals surface area contributed by atoms with Gasteiger partial charge in [0.05, 0.1) is 5.69 Å². The van der Waals surface area contributed by atoms with Gasteiger partial charge in [0.25, 0.3) is 0 Å². The van der Waals surface area contributed by atoms with E-state index >= 15 is 0 Å². The average Bonchev–Trinajstić information content (AvgIpc) is 2.69. The van der Waals surface area contributed by atoms with Crippen LogP contribution in [0.5, 0.6) is 5.75 Å². The molecule has 1 aliphatic heterocycles. The van der Waals surface area contributed by atoms with Crippen LogP contribution in [-0.2, 0) is 11.2 Å². The van der Waals surface area contributed by atoms with Crippen LogP contribution in [0.4, 0.5) is 29.5 Å². The highest BCUT2D eigenvalue weighted by Gasteiger charge is 2.34. The number of fused-ring (bicyclic) bond motifs is 1. The summed E-state index contributed by atoms with van der Waals surface area (Å²) in [6.07, 6.45) is 1.05. The van der Waals surface area contributed by atoms with E-state index in [4.69, 9.17) is 4.74 Å². The van der Waals surface area contributed by atoms with E-state index in [1.54, 1.807) is 6.92 Å². The molecule has 1 fully saturated rings. The molecule has 11 heteroatoms. The van der Waals surface area contributed by atoms with Gasteiger partial charge < -0.3 is 20.3 Å². The predicted molar refractivity (Wildman–Crippen MR) is 109 cm³/mol. The number of amides is 2. The van der Waals surface area contributed by atoms with E-state index < -0.39 is 29.3 Å². The predicted octanol–water partition coefficient (Wildman–Crippen LogP) is 3.09. The van der Waals surface area contributed by atoms with Gasteiger partial charge in [-0.15, -0.1) is 0 Å². The number of ether oxygens (including phenoxy) is 1. The first-order chi connectivity index (χ1) is 15.1. The highest BCUT2D eigenvalue weighted by Crippen LogP contribution is 2.34. The number of benzene rings is 1. The van der Waals surface area contributed by atoms with Crippen LogP contribution in [0.3, 0.4) is 0 Å². The molecule has 0 spiro atoms. The van der Waals surface area contributed by atoms with Crippen LogP contribution in [0, 0.1) is 30.3 Å². The van der Waals surface area contributed by atoms with Gasteiger partial charge in [-0.25, -0.2) is 27.9 Å². The number of rotatable bonds is 4. The third-order valence-corrected chi connectivity index (χ3v) is 5.86. The molecule has 1 saturated carbocycles. The summed E-state index contributed by atoms with van der Waals surface area (Å²) in [5.74, 6) is -3.45. The molecule has 1 aliphatic carbocycles. The van der Waals surface area contributed by atoms with E-state index in [0.29, 0.717) is 54.4 Å². The Balaban J connectivity index is 1.32. The normalized spacial score (nSPS) is 22.0. The van der Waals surface area contributed by atoms with Gasteiger partial charge in [0.15, 0.2) is 23.3 Å². The molecule has 0 saturated heterocycles. The minimum absolute atomic E-state index is 0.106. The quantitative estimate of drug-likeness (QED) is 0.697. The van der Waals surface area contributed by atoms with Crippen LogP contribution in [0.2, 0.25) is 0 Å². The smallest absolute Gasteiger partial charge is 0.410 e. The van der Waals surface area contributed by atoms with E-state index in [2.05, 4.69) is 20.6 Å². The highest BCUT2D eigenvalue weighted by molar-refractivity contribution is 6.02. The molecule has 2 amide bonds. The van der Waals surface area contributed by atoms with Crippen molar-refractivity contribution in [2.24, 2.45) is 5.92 Å². The van der Waals surface area contributed by atoms with Crippen LogP contribution < -0.4 is 20.3 Å². The Morgan fingerprint density at radius 2 is 1.91 bits per heavy atom. The molecule has 8 nitrogen and oxygen atoms in total. The summed E-state index contributed by atoms with van der Waals surface area (Å²) in [6, 6.07) is 0.717. The Hall–Kier alpha value is -3.37. The Bertz CT molecular complexity index is 1070. The number of aromatic nitrogens is 2. The second-order valence-corrected chi connectivity index (χ2v) is 8.17. The standard InChI is InChI=1S/C21H22F3N5O3/c1-9-18-19(29(3)10(2)20(30)28-18)27-16(25-9)6-11-4-12(5-11)26-21(31)32-13-7-14(22)17(24)15(23)8-13/h7-8,10-12H,4-6H2,1-3H3,(H,26,31)(H,28,30)/t10-,11?,12?/m0/s1. The maximum absolute atomic E-state index is 13.2. The van der Waals surface area contributed by atoms with Crippen LogP contribution in [0.25, 0.3) is 0 Å². The SMILES string of the molecule is Cc1nc(CC2CC(NC(=O)Oc3cc(F)c(F)c(F)c3)C2)nc2c1NC(=O)[C@H](C)N2C. The summed E-state index contributed by atoms with van der Waals surface area (Å²) in [5.41, 5.74) is 1.30. The molecule has 0 unspecified atom stereocenters. The number of halogens is 3. The molecular weight excluding hydrogens is 427 g/mol. The second kappa shape index (κ2) is 8.29. The Morgan fingerprint density at radius 3 is 2.56 bits per heavy atom. The second-order valence-electron chi connectivity index (χ2n) is 8.17. The van der Waals surface area contributed by atoms with Gasteiger partial charge in [-0.05, 0) is 32.6 Å². The van der Waals surface area contributed by atoms with Crippen molar-refractivity contribution in [3.05, 3.63) is 41.1 Å². The average molecular weight is 449 g/mol. The number of aryl methyl sites for hydroxylation is 1.